The van der Waals surface area contributed by atoms with Crippen LogP contribution >= 0.6 is 51.7 Å². The van der Waals surface area contributed by atoms with Gasteiger partial charge in [-0.05, 0) is 62.1 Å². The Kier molecular flexibility index (Phi) is 5.35. The van der Waals surface area contributed by atoms with Crippen LogP contribution in [0.5, 0.6) is 0 Å². The third-order valence-corrected chi connectivity index (χ3v) is 6.93. The summed E-state index contributed by atoms with van der Waals surface area (Å²) in [4.78, 5) is 31.2. The second-order valence-corrected chi connectivity index (χ2v) is 8.87. The van der Waals surface area contributed by atoms with E-state index in [-0.39, 0.29) is 12.2 Å². The average Bonchev–Trinajstić information content (AvgIpc) is 3.21. The number of benzene rings is 1. The number of amides is 1. The highest BCUT2D eigenvalue weighted by atomic mass is 79.9. The minimum absolute atomic E-state index is 0.0539. The van der Waals surface area contributed by atoms with Gasteiger partial charge in [0.1, 0.15) is 16.1 Å². The average molecular weight is 494 g/mol. The maximum absolute atomic E-state index is 13.4. The SMILES string of the molecule is O=C1CC(c2ccsc2)(c2cccc(Br)n2)N(S)C(=O)C1c1ccccc1Cl. The Morgan fingerprint density at radius 3 is 2.64 bits per heavy atom. The summed E-state index contributed by atoms with van der Waals surface area (Å²) in [6.45, 7) is 0. The fourth-order valence-corrected chi connectivity index (χ4v) is 5.32. The van der Waals surface area contributed by atoms with E-state index in [4.69, 9.17) is 11.6 Å². The number of halogens is 2. The Morgan fingerprint density at radius 1 is 1.18 bits per heavy atom. The molecule has 0 bridgehead atoms. The van der Waals surface area contributed by atoms with Gasteiger partial charge in [-0.2, -0.15) is 11.3 Å². The van der Waals surface area contributed by atoms with Crippen molar-refractivity contribution in [2.24, 2.45) is 0 Å². The van der Waals surface area contributed by atoms with E-state index < -0.39 is 17.4 Å². The molecule has 1 aliphatic rings. The van der Waals surface area contributed by atoms with E-state index in [1.807, 2.05) is 29.0 Å². The number of rotatable bonds is 3. The number of thiol groups is 1. The fourth-order valence-electron chi connectivity index (χ4n) is 3.60. The molecule has 1 saturated heterocycles. The Morgan fingerprint density at radius 2 is 1.96 bits per heavy atom. The first kappa shape index (κ1) is 19.6. The summed E-state index contributed by atoms with van der Waals surface area (Å²) in [5, 5.41) is 4.22. The van der Waals surface area contributed by atoms with E-state index in [1.54, 1.807) is 30.3 Å². The summed E-state index contributed by atoms with van der Waals surface area (Å²) in [5.41, 5.74) is 0.796. The second kappa shape index (κ2) is 7.63. The molecule has 1 aromatic carbocycles. The van der Waals surface area contributed by atoms with Crippen LogP contribution in [0.1, 0.15) is 29.2 Å². The van der Waals surface area contributed by atoms with Gasteiger partial charge < -0.3 is 0 Å². The monoisotopic (exact) mass is 492 g/mol. The van der Waals surface area contributed by atoms with Crippen LogP contribution in [0.4, 0.5) is 0 Å². The summed E-state index contributed by atoms with van der Waals surface area (Å²) in [5.74, 6) is -1.61. The number of nitrogens with zero attached hydrogens (tertiary/aromatic N) is 2. The predicted molar refractivity (Wildman–Crippen MR) is 117 cm³/mol. The molecule has 0 radical (unpaired) electrons. The smallest absolute Gasteiger partial charge is 0.248 e. The van der Waals surface area contributed by atoms with Crippen molar-refractivity contribution >= 4 is 63.4 Å². The first-order valence-corrected chi connectivity index (χ1v) is 10.9. The molecule has 0 saturated carbocycles. The zero-order valence-electron chi connectivity index (χ0n) is 14.4. The summed E-state index contributed by atoms with van der Waals surface area (Å²) in [6, 6.07) is 14.2. The van der Waals surface area contributed by atoms with Crippen LogP contribution in [0.2, 0.25) is 5.02 Å². The Bertz CT molecular complexity index is 1060. The molecule has 0 aliphatic carbocycles. The molecule has 1 aliphatic heterocycles. The van der Waals surface area contributed by atoms with Gasteiger partial charge in [0.25, 0.3) is 0 Å². The number of thiophene rings is 1. The highest BCUT2D eigenvalue weighted by Crippen LogP contribution is 2.47. The third kappa shape index (κ3) is 3.10. The van der Waals surface area contributed by atoms with Crippen molar-refractivity contribution in [3.63, 3.8) is 0 Å². The van der Waals surface area contributed by atoms with Gasteiger partial charge in [-0.1, -0.05) is 48.7 Å². The molecule has 1 fully saturated rings. The van der Waals surface area contributed by atoms with Crippen molar-refractivity contribution in [1.82, 2.24) is 9.29 Å². The van der Waals surface area contributed by atoms with Crippen LogP contribution in [-0.4, -0.2) is 21.0 Å². The number of pyridine rings is 1. The molecule has 4 rings (SSSR count). The molecule has 3 aromatic rings. The van der Waals surface area contributed by atoms with Crippen molar-refractivity contribution in [3.05, 3.63) is 85.7 Å². The first-order valence-electron chi connectivity index (χ1n) is 8.41. The maximum atomic E-state index is 13.4. The molecule has 8 heteroatoms. The van der Waals surface area contributed by atoms with Gasteiger partial charge >= 0.3 is 0 Å². The lowest BCUT2D eigenvalue weighted by atomic mass is 9.75. The third-order valence-electron chi connectivity index (χ3n) is 4.92. The minimum atomic E-state index is -1.08. The number of piperidine rings is 1. The van der Waals surface area contributed by atoms with Gasteiger partial charge in [0.15, 0.2) is 5.78 Å². The lowest BCUT2D eigenvalue weighted by Crippen LogP contribution is -2.54. The first-order chi connectivity index (χ1) is 13.4. The molecule has 0 spiro atoms. The number of ketones is 1. The van der Waals surface area contributed by atoms with E-state index in [0.717, 1.165) is 5.56 Å². The fraction of sp³-hybridized carbons (Fsp3) is 0.150. The van der Waals surface area contributed by atoms with Gasteiger partial charge in [-0.3, -0.25) is 13.9 Å². The van der Waals surface area contributed by atoms with E-state index in [1.165, 1.54) is 15.6 Å². The molecule has 3 heterocycles. The van der Waals surface area contributed by atoms with Crippen LogP contribution in [0.15, 0.2) is 63.9 Å². The zero-order chi connectivity index (χ0) is 19.9. The number of carbonyl (C=O) groups excluding carboxylic acids is 2. The largest absolute Gasteiger partial charge is 0.298 e. The van der Waals surface area contributed by atoms with Crippen LogP contribution in [0.25, 0.3) is 0 Å². The quantitative estimate of drug-likeness (QED) is 0.309. The van der Waals surface area contributed by atoms with E-state index in [9.17, 15) is 9.59 Å². The summed E-state index contributed by atoms with van der Waals surface area (Å²) in [6.07, 6.45) is 0.0539. The highest BCUT2D eigenvalue weighted by molar-refractivity contribution is 9.10. The van der Waals surface area contributed by atoms with Crippen molar-refractivity contribution in [3.8, 4) is 0 Å². The van der Waals surface area contributed by atoms with Crippen molar-refractivity contribution in [2.75, 3.05) is 0 Å². The second-order valence-electron chi connectivity index (χ2n) is 6.47. The van der Waals surface area contributed by atoms with Gasteiger partial charge in [0, 0.05) is 11.4 Å². The van der Waals surface area contributed by atoms with Gasteiger partial charge in [-0.15, -0.1) is 0 Å². The molecule has 1 amide bonds. The predicted octanol–water partition coefficient (Wildman–Crippen LogP) is 5.23. The van der Waals surface area contributed by atoms with Crippen LogP contribution in [0.3, 0.4) is 0 Å². The molecule has 28 heavy (non-hydrogen) atoms. The summed E-state index contributed by atoms with van der Waals surface area (Å²) < 4.78 is 1.97. The normalized spacial score (nSPS) is 22.5. The molecule has 0 N–H and O–H groups in total. The Balaban J connectivity index is 1.88. The van der Waals surface area contributed by atoms with Crippen LogP contribution in [-0.2, 0) is 15.1 Å². The Hall–Kier alpha value is -1.67. The van der Waals surface area contributed by atoms with Crippen LogP contribution in [0, 0.1) is 0 Å². The molecule has 2 aromatic heterocycles. The van der Waals surface area contributed by atoms with E-state index >= 15 is 0 Å². The van der Waals surface area contributed by atoms with Gasteiger partial charge in [0.05, 0.1) is 5.69 Å². The Labute approximate surface area is 185 Å². The van der Waals surface area contributed by atoms with E-state index in [0.29, 0.717) is 20.9 Å². The number of hydrogen-bond acceptors (Lipinski definition) is 5. The molecule has 142 valence electrons. The number of hydrogen-bond donors (Lipinski definition) is 1. The van der Waals surface area contributed by atoms with Crippen molar-refractivity contribution < 1.29 is 9.59 Å². The highest BCUT2D eigenvalue weighted by Gasteiger charge is 2.53. The molecular weight excluding hydrogens is 480 g/mol. The number of aromatic nitrogens is 1. The number of Topliss-reactive ketones (excluding diaryl/α,β-unsaturated/α-hetero) is 1. The van der Waals surface area contributed by atoms with Gasteiger partial charge in [0.2, 0.25) is 5.91 Å². The van der Waals surface area contributed by atoms with Crippen LogP contribution < -0.4 is 0 Å². The molecule has 2 unspecified atom stereocenters. The van der Waals surface area contributed by atoms with Crippen molar-refractivity contribution in [1.29, 1.82) is 0 Å². The molecule has 4 nitrogen and oxygen atoms in total. The lowest BCUT2D eigenvalue weighted by Gasteiger charge is -2.45. The molecule has 2 atom stereocenters. The van der Waals surface area contributed by atoms with Gasteiger partial charge in [-0.25, -0.2) is 4.98 Å². The number of carbonyl (C=O) groups is 2. The van der Waals surface area contributed by atoms with Crippen molar-refractivity contribution in [2.45, 2.75) is 17.9 Å². The molecular formula is C20H14BrClN2O2S2. The summed E-state index contributed by atoms with van der Waals surface area (Å²) >= 11 is 15.7. The maximum Gasteiger partial charge on any atom is 0.248 e. The van der Waals surface area contributed by atoms with E-state index in [2.05, 4.69) is 33.7 Å². The minimum Gasteiger partial charge on any atom is -0.298 e. The summed E-state index contributed by atoms with van der Waals surface area (Å²) in [7, 11) is 0. The lowest BCUT2D eigenvalue weighted by molar-refractivity contribution is -0.142. The standard InChI is InChI=1S/C20H14BrClN2O2S2/c21-17-7-3-6-16(23-17)20(12-8-9-28-11-12)10-15(25)18(19(26)24(20)27)13-4-1-2-5-14(13)22/h1-9,11,18,27H,10H2. The topological polar surface area (TPSA) is 50.3 Å². The zero-order valence-corrected chi connectivity index (χ0v) is 18.4.